The molecule has 0 aromatic carbocycles. The monoisotopic (exact) mass is 213 g/mol. The topological polar surface area (TPSA) is 38.3 Å². The molecule has 0 amide bonds. The lowest BCUT2D eigenvalue weighted by atomic mass is 9.94. The van der Waals surface area contributed by atoms with Gasteiger partial charge in [-0.25, -0.2) is 0 Å². The quantitative estimate of drug-likeness (QED) is 0.727. The van der Waals surface area contributed by atoms with Gasteiger partial charge in [-0.05, 0) is 38.6 Å². The van der Waals surface area contributed by atoms with Crippen LogP contribution in [0, 0.1) is 5.92 Å². The molecular weight excluding hydrogens is 190 g/mol. The van der Waals surface area contributed by atoms with Gasteiger partial charge in [-0.15, -0.1) is 0 Å². The summed E-state index contributed by atoms with van der Waals surface area (Å²) in [5, 5.41) is 3.22. The minimum Gasteiger partial charge on any atom is -0.462 e. The highest BCUT2D eigenvalue weighted by molar-refractivity contribution is 5.76. The van der Waals surface area contributed by atoms with Crippen molar-refractivity contribution in [2.45, 2.75) is 58.6 Å². The molecule has 0 spiro atoms. The fraction of sp³-hybridized carbons (Fsp3) is 0.917. The first kappa shape index (κ1) is 12.5. The number of hydrogen-bond donors (Lipinski definition) is 1. The molecule has 0 aromatic rings. The van der Waals surface area contributed by atoms with Crippen molar-refractivity contribution in [2.75, 3.05) is 6.54 Å². The Morgan fingerprint density at radius 2 is 2.33 bits per heavy atom. The van der Waals surface area contributed by atoms with E-state index in [9.17, 15) is 4.79 Å². The number of ether oxygens (including phenoxy) is 1. The highest BCUT2D eigenvalue weighted by Gasteiger charge is 2.26. The molecule has 0 saturated carbocycles. The van der Waals surface area contributed by atoms with Gasteiger partial charge in [0.05, 0.1) is 6.10 Å². The van der Waals surface area contributed by atoms with Gasteiger partial charge in [0, 0.05) is 0 Å². The molecule has 1 heterocycles. The Morgan fingerprint density at radius 3 is 2.93 bits per heavy atom. The van der Waals surface area contributed by atoms with Gasteiger partial charge in [-0.1, -0.05) is 20.3 Å². The van der Waals surface area contributed by atoms with Crippen LogP contribution in [-0.2, 0) is 9.53 Å². The molecule has 1 aliphatic heterocycles. The van der Waals surface area contributed by atoms with Crippen molar-refractivity contribution in [2.24, 2.45) is 5.92 Å². The Labute approximate surface area is 92.6 Å². The zero-order valence-corrected chi connectivity index (χ0v) is 10.1. The Kier molecular flexibility index (Phi) is 5.09. The first-order valence-corrected chi connectivity index (χ1v) is 6.07. The van der Waals surface area contributed by atoms with E-state index in [1.807, 2.05) is 6.92 Å². The van der Waals surface area contributed by atoms with Crippen LogP contribution in [0.25, 0.3) is 0 Å². The highest BCUT2D eigenvalue weighted by atomic mass is 16.5. The van der Waals surface area contributed by atoms with Crippen LogP contribution in [0.1, 0.15) is 46.5 Å². The lowest BCUT2D eigenvalue weighted by Crippen LogP contribution is -2.44. The Bertz CT molecular complexity index is 206. The molecule has 1 fully saturated rings. The summed E-state index contributed by atoms with van der Waals surface area (Å²) in [5.74, 6) is 0.563. The summed E-state index contributed by atoms with van der Waals surface area (Å²) in [4.78, 5) is 11.7. The normalized spacial score (nSPS) is 28.5. The number of piperidine rings is 1. The molecular formula is C12H23NO2. The molecule has 3 atom stereocenters. The van der Waals surface area contributed by atoms with E-state index in [1.165, 1.54) is 0 Å². The van der Waals surface area contributed by atoms with E-state index in [0.29, 0.717) is 5.92 Å². The SMILES string of the molecule is CCCC(C)OC(=O)C1CC(C)CCN1. The van der Waals surface area contributed by atoms with Crippen LogP contribution in [0.3, 0.4) is 0 Å². The zero-order chi connectivity index (χ0) is 11.3. The molecule has 0 radical (unpaired) electrons. The van der Waals surface area contributed by atoms with Crippen LogP contribution >= 0.6 is 0 Å². The first-order chi connectivity index (χ1) is 7.13. The lowest BCUT2D eigenvalue weighted by Gasteiger charge is -2.27. The predicted molar refractivity (Wildman–Crippen MR) is 60.7 cm³/mol. The van der Waals surface area contributed by atoms with E-state index in [2.05, 4.69) is 19.2 Å². The first-order valence-electron chi connectivity index (χ1n) is 6.07. The van der Waals surface area contributed by atoms with Crippen LogP contribution in [0.5, 0.6) is 0 Å². The Balaban J connectivity index is 2.32. The largest absolute Gasteiger partial charge is 0.462 e. The smallest absolute Gasteiger partial charge is 0.323 e. The number of hydrogen-bond acceptors (Lipinski definition) is 3. The fourth-order valence-electron chi connectivity index (χ4n) is 2.03. The second kappa shape index (κ2) is 6.11. The summed E-state index contributed by atoms with van der Waals surface area (Å²) >= 11 is 0. The van der Waals surface area contributed by atoms with Crippen LogP contribution in [0.4, 0.5) is 0 Å². The van der Waals surface area contributed by atoms with Gasteiger partial charge in [0.25, 0.3) is 0 Å². The van der Waals surface area contributed by atoms with E-state index < -0.39 is 0 Å². The van der Waals surface area contributed by atoms with Gasteiger partial charge in [0.2, 0.25) is 0 Å². The number of nitrogens with one attached hydrogen (secondary N) is 1. The minimum absolute atomic E-state index is 0.0570. The van der Waals surface area contributed by atoms with E-state index >= 15 is 0 Å². The van der Waals surface area contributed by atoms with Crippen molar-refractivity contribution in [3.8, 4) is 0 Å². The molecule has 3 heteroatoms. The third kappa shape index (κ3) is 4.20. The maximum absolute atomic E-state index is 11.7. The van der Waals surface area contributed by atoms with E-state index in [4.69, 9.17) is 4.74 Å². The summed E-state index contributed by atoms with van der Waals surface area (Å²) in [5.41, 5.74) is 0. The van der Waals surface area contributed by atoms with E-state index in [1.54, 1.807) is 0 Å². The molecule has 3 nitrogen and oxygen atoms in total. The van der Waals surface area contributed by atoms with Gasteiger partial charge in [-0.2, -0.15) is 0 Å². The van der Waals surface area contributed by atoms with Crippen LogP contribution in [0.2, 0.25) is 0 Å². The van der Waals surface area contributed by atoms with Crippen molar-refractivity contribution in [1.29, 1.82) is 0 Å². The number of carbonyl (C=O) groups is 1. The van der Waals surface area contributed by atoms with Gasteiger partial charge in [-0.3, -0.25) is 4.79 Å². The number of rotatable bonds is 4. The van der Waals surface area contributed by atoms with Crippen LogP contribution < -0.4 is 5.32 Å². The Hall–Kier alpha value is -0.570. The standard InChI is InChI=1S/C12H23NO2/c1-4-5-10(3)15-12(14)11-8-9(2)6-7-13-11/h9-11,13H,4-8H2,1-3H3. The summed E-state index contributed by atoms with van der Waals surface area (Å²) in [6.07, 6.45) is 4.14. The average Bonchev–Trinajstić information content (AvgIpc) is 2.18. The second-order valence-corrected chi connectivity index (χ2v) is 4.67. The molecule has 1 saturated heterocycles. The van der Waals surface area contributed by atoms with Gasteiger partial charge in [0.15, 0.2) is 0 Å². The average molecular weight is 213 g/mol. The van der Waals surface area contributed by atoms with Crippen molar-refractivity contribution in [3.63, 3.8) is 0 Å². The molecule has 15 heavy (non-hydrogen) atoms. The molecule has 0 bridgehead atoms. The van der Waals surface area contributed by atoms with Crippen molar-refractivity contribution >= 4 is 5.97 Å². The predicted octanol–water partition coefficient (Wildman–Crippen LogP) is 2.11. The third-order valence-corrected chi connectivity index (χ3v) is 2.96. The lowest BCUT2D eigenvalue weighted by molar-refractivity contribution is -0.152. The summed E-state index contributed by atoms with van der Waals surface area (Å²) in [7, 11) is 0. The maximum atomic E-state index is 11.7. The van der Waals surface area contributed by atoms with Gasteiger partial charge in [0.1, 0.15) is 6.04 Å². The van der Waals surface area contributed by atoms with Crippen molar-refractivity contribution in [3.05, 3.63) is 0 Å². The van der Waals surface area contributed by atoms with E-state index in [-0.39, 0.29) is 18.1 Å². The molecule has 1 rings (SSSR count). The molecule has 1 N–H and O–H groups in total. The highest BCUT2D eigenvalue weighted by Crippen LogP contribution is 2.16. The van der Waals surface area contributed by atoms with E-state index in [0.717, 1.165) is 32.2 Å². The molecule has 1 aliphatic rings. The van der Waals surface area contributed by atoms with Crippen LogP contribution in [-0.4, -0.2) is 24.7 Å². The molecule has 3 unspecified atom stereocenters. The van der Waals surface area contributed by atoms with Gasteiger partial charge >= 0.3 is 5.97 Å². The molecule has 0 aromatic heterocycles. The van der Waals surface area contributed by atoms with Crippen molar-refractivity contribution < 1.29 is 9.53 Å². The summed E-state index contributed by atoms with van der Waals surface area (Å²) in [6, 6.07) is -0.0759. The molecule has 88 valence electrons. The second-order valence-electron chi connectivity index (χ2n) is 4.67. The minimum atomic E-state index is -0.0759. The number of carbonyl (C=O) groups excluding carboxylic acids is 1. The number of esters is 1. The van der Waals surface area contributed by atoms with Gasteiger partial charge < -0.3 is 10.1 Å². The van der Waals surface area contributed by atoms with Crippen LogP contribution in [0.15, 0.2) is 0 Å². The Morgan fingerprint density at radius 1 is 1.60 bits per heavy atom. The summed E-state index contributed by atoms with van der Waals surface area (Å²) < 4.78 is 5.38. The summed E-state index contributed by atoms with van der Waals surface area (Å²) in [6.45, 7) is 7.19. The van der Waals surface area contributed by atoms with Crippen molar-refractivity contribution in [1.82, 2.24) is 5.32 Å². The zero-order valence-electron chi connectivity index (χ0n) is 10.1. The third-order valence-electron chi connectivity index (χ3n) is 2.96. The fourth-order valence-corrected chi connectivity index (χ4v) is 2.03. The maximum Gasteiger partial charge on any atom is 0.323 e. The molecule has 0 aliphatic carbocycles.